The first-order valence-corrected chi connectivity index (χ1v) is 11.5. The molecule has 5 rings (SSSR count). The van der Waals surface area contributed by atoms with E-state index in [4.69, 9.17) is 4.74 Å². The van der Waals surface area contributed by atoms with Crippen LogP contribution in [0, 0.1) is 5.82 Å². The fourth-order valence-electron chi connectivity index (χ4n) is 4.10. The van der Waals surface area contributed by atoms with Crippen LogP contribution in [0.25, 0.3) is 0 Å². The Morgan fingerprint density at radius 3 is 2.31 bits per heavy atom. The second-order valence-electron chi connectivity index (χ2n) is 8.70. The van der Waals surface area contributed by atoms with E-state index in [1.54, 1.807) is 30.3 Å². The Morgan fingerprint density at radius 1 is 0.943 bits per heavy atom. The summed E-state index contributed by atoms with van der Waals surface area (Å²) in [7, 11) is 0. The number of anilines is 1. The van der Waals surface area contributed by atoms with Gasteiger partial charge in [-0.15, -0.1) is 0 Å². The van der Waals surface area contributed by atoms with Gasteiger partial charge in [-0.1, -0.05) is 54.6 Å². The van der Waals surface area contributed by atoms with Crippen LogP contribution in [0.4, 0.5) is 14.9 Å². The Morgan fingerprint density at radius 2 is 1.63 bits per heavy atom. The molecular weight excluding hydrogens is 449 g/mol. The summed E-state index contributed by atoms with van der Waals surface area (Å²) in [6.07, 6.45) is 0.480. The van der Waals surface area contributed by atoms with Gasteiger partial charge in [-0.05, 0) is 48.2 Å². The van der Waals surface area contributed by atoms with Crippen molar-refractivity contribution < 1.29 is 23.5 Å². The van der Waals surface area contributed by atoms with Crippen molar-refractivity contribution in [1.29, 1.82) is 0 Å². The smallest absolute Gasteiger partial charge is 0.411 e. The molecule has 0 aromatic heterocycles. The molecule has 35 heavy (non-hydrogen) atoms. The van der Waals surface area contributed by atoms with E-state index in [0.29, 0.717) is 11.3 Å². The van der Waals surface area contributed by atoms with Crippen molar-refractivity contribution in [2.45, 2.75) is 37.6 Å². The highest BCUT2D eigenvalue weighted by Gasteiger charge is 2.47. The van der Waals surface area contributed by atoms with Gasteiger partial charge < -0.3 is 15.4 Å². The van der Waals surface area contributed by atoms with Crippen LogP contribution in [0.1, 0.15) is 40.4 Å². The predicted octanol–water partition coefficient (Wildman–Crippen LogP) is 4.42. The molecule has 2 unspecified atom stereocenters. The fraction of sp³-hybridized carbons (Fsp3) is 0.222. The molecule has 1 saturated heterocycles. The number of benzene rings is 3. The number of halogens is 1. The van der Waals surface area contributed by atoms with Gasteiger partial charge >= 0.3 is 6.09 Å². The van der Waals surface area contributed by atoms with Gasteiger partial charge in [-0.2, -0.15) is 0 Å². The minimum atomic E-state index is -0.831. The summed E-state index contributed by atoms with van der Waals surface area (Å²) in [5, 5.41) is 5.65. The van der Waals surface area contributed by atoms with Gasteiger partial charge in [0.1, 0.15) is 5.82 Å². The van der Waals surface area contributed by atoms with Crippen molar-refractivity contribution in [3.8, 4) is 0 Å². The normalized spacial score (nSPS) is 19.2. The number of amides is 3. The highest BCUT2D eigenvalue weighted by atomic mass is 19.1. The van der Waals surface area contributed by atoms with Gasteiger partial charge in [-0.25, -0.2) is 9.18 Å². The first-order chi connectivity index (χ1) is 17.0. The van der Waals surface area contributed by atoms with Crippen LogP contribution in [-0.2, 0) is 16.1 Å². The molecule has 2 atom stereocenters. The lowest BCUT2D eigenvalue weighted by Crippen LogP contribution is -2.46. The molecule has 1 aliphatic heterocycles. The molecule has 1 aliphatic carbocycles. The average Bonchev–Trinajstić information content (AvgIpc) is 3.62. The number of rotatable bonds is 7. The van der Waals surface area contributed by atoms with E-state index in [1.807, 2.05) is 30.3 Å². The lowest BCUT2D eigenvalue weighted by atomic mass is 10.00. The zero-order chi connectivity index (χ0) is 24.4. The maximum Gasteiger partial charge on any atom is 0.411 e. The van der Waals surface area contributed by atoms with E-state index in [0.717, 1.165) is 18.4 Å². The van der Waals surface area contributed by atoms with Crippen molar-refractivity contribution in [2.24, 2.45) is 0 Å². The molecule has 0 bridgehead atoms. The number of hydrogen-bond acceptors (Lipinski definition) is 4. The molecule has 1 heterocycles. The molecule has 2 aliphatic rings. The molecule has 7 nitrogen and oxygen atoms in total. The Hall–Kier alpha value is -4.20. The number of carbonyl (C=O) groups excluding carboxylic acids is 3. The summed E-state index contributed by atoms with van der Waals surface area (Å²) < 4.78 is 19.6. The maximum atomic E-state index is 13.9. The molecule has 2 fully saturated rings. The van der Waals surface area contributed by atoms with Crippen molar-refractivity contribution in [1.82, 2.24) is 10.2 Å². The van der Waals surface area contributed by atoms with Crippen LogP contribution in [0.5, 0.6) is 0 Å². The Labute approximate surface area is 201 Å². The molecule has 3 amide bonds. The number of carbonyl (C=O) groups is 3. The summed E-state index contributed by atoms with van der Waals surface area (Å²) in [6, 6.07) is 21.1. The van der Waals surface area contributed by atoms with Crippen molar-refractivity contribution in [3.63, 3.8) is 0 Å². The molecule has 2 N–H and O–H groups in total. The summed E-state index contributed by atoms with van der Waals surface area (Å²) in [4.78, 5) is 39.8. The van der Waals surface area contributed by atoms with Crippen molar-refractivity contribution in [2.75, 3.05) is 5.32 Å². The predicted molar refractivity (Wildman–Crippen MR) is 127 cm³/mol. The maximum absolute atomic E-state index is 13.9. The summed E-state index contributed by atoms with van der Waals surface area (Å²) in [5.74, 6) is -1.43. The third-order valence-corrected chi connectivity index (χ3v) is 6.09. The van der Waals surface area contributed by atoms with Crippen LogP contribution >= 0.6 is 0 Å². The van der Waals surface area contributed by atoms with Crippen LogP contribution in [-0.4, -0.2) is 34.9 Å². The van der Waals surface area contributed by atoms with Gasteiger partial charge in [0.25, 0.3) is 5.91 Å². The third-order valence-electron chi connectivity index (χ3n) is 6.09. The second-order valence-corrected chi connectivity index (χ2v) is 8.70. The molecule has 1 saturated carbocycles. The number of nitrogens with one attached hydrogen (secondary N) is 2. The lowest BCUT2D eigenvalue weighted by Gasteiger charge is -2.24. The Balaban J connectivity index is 1.36. The van der Waals surface area contributed by atoms with Gasteiger partial charge in [0.2, 0.25) is 5.91 Å². The topological polar surface area (TPSA) is 87.7 Å². The third kappa shape index (κ3) is 5.01. The van der Waals surface area contributed by atoms with Gasteiger partial charge in [0.15, 0.2) is 12.1 Å². The fourth-order valence-corrected chi connectivity index (χ4v) is 4.10. The van der Waals surface area contributed by atoms with Crippen LogP contribution < -0.4 is 10.6 Å². The van der Waals surface area contributed by atoms with E-state index in [9.17, 15) is 18.8 Å². The first-order valence-electron chi connectivity index (χ1n) is 11.5. The quantitative estimate of drug-likeness (QED) is 0.532. The largest absolute Gasteiger partial charge is 0.438 e. The summed E-state index contributed by atoms with van der Waals surface area (Å²) in [5.41, 5.74) is 1.90. The minimum Gasteiger partial charge on any atom is -0.438 e. The molecule has 8 heteroatoms. The molecule has 178 valence electrons. The first kappa shape index (κ1) is 22.6. The zero-order valence-corrected chi connectivity index (χ0v) is 18.8. The van der Waals surface area contributed by atoms with Crippen molar-refractivity contribution >= 4 is 23.6 Å². The summed E-state index contributed by atoms with van der Waals surface area (Å²) >= 11 is 0. The minimum absolute atomic E-state index is 0.0605. The van der Waals surface area contributed by atoms with E-state index >= 15 is 0 Å². The molecular formula is C27H24FN3O4. The van der Waals surface area contributed by atoms with E-state index in [1.165, 1.54) is 23.1 Å². The monoisotopic (exact) mass is 473 g/mol. The highest BCUT2D eigenvalue weighted by Crippen LogP contribution is 2.35. The number of ether oxygens (including phenoxy) is 1. The molecule has 0 radical (unpaired) electrons. The second kappa shape index (κ2) is 9.58. The number of hydrogen-bond donors (Lipinski definition) is 2. The lowest BCUT2D eigenvalue weighted by molar-refractivity contribution is -0.126. The van der Waals surface area contributed by atoms with E-state index in [-0.39, 0.29) is 24.1 Å². The van der Waals surface area contributed by atoms with Crippen LogP contribution in [0.2, 0.25) is 0 Å². The van der Waals surface area contributed by atoms with E-state index in [2.05, 4.69) is 10.6 Å². The van der Waals surface area contributed by atoms with Gasteiger partial charge in [-0.3, -0.25) is 14.5 Å². The Bertz CT molecular complexity index is 1240. The van der Waals surface area contributed by atoms with Crippen LogP contribution in [0.15, 0.2) is 78.9 Å². The molecule has 3 aromatic carbocycles. The number of cyclic esters (lactones) is 1. The average molecular weight is 474 g/mol. The van der Waals surface area contributed by atoms with E-state index < -0.39 is 30.0 Å². The van der Waals surface area contributed by atoms with Gasteiger partial charge in [0, 0.05) is 11.7 Å². The number of nitrogens with zero attached hydrogens (tertiary/aromatic N) is 1. The highest BCUT2D eigenvalue weighted by molar-refractivity contribution is 6.04. The SMILES string of the molecule is O=C(Nc1ccc(C2OC(=O)N(Cc3ccccc3)C2C(=O)NC2CC2)cc1)c1ccccc1F. The molecule has 3 aromatic rings. The van der Waals surface area contributed by atoms with Crippen molar-refractivity contribution in [3.05, 3.63) is 101 Å². The van der Waals surface area contributed by atoms with Crippen LogP contribution in [0.3, 0.4) is 0 Å². The summed E-state index contributed by atoms with van der Waals surface area (Å²) in [6.45, 7) is 0.246. The standard InChI is InChI=1S/C27H24FN3O4/c28-22-9-5-4-8-21(22)25(32)29-19-12-10-18(11-13-19)24-23(26(33)30-20-14-15-20)31(27(34)35-24)16-17-6-2-1-3-7-17/h1-13,20,23-24H,14-16H2,(H,29,32)(H,30,33). The molecule has 0 spiro atoms. The van der Waals surface area contributed by atoms with Gasteiger partial charge in [0.05, 0.1) is 12.1 Å². The Kier molecular flexibility index (Phi) is 6.18. The zero-order valence-electron chi connectivity index (χ0n) is 18.8.